The van der Waals surface area contributed by atoms with Crippen LogP contribution in [0.15, 0.2) is 54.6 Å². The Hall–Kier alpha value is -2.13. The molecule has 0 N–H and O–H groups in total. The largest absolute Gasteiger partial charge is 0.494 e. The molecule has 0 atom stereocenters. The third-order valence-corrected chi connectivity index (χ3v) is 4.15. The molecule has 3 heteroatoms. The van der Waals surface area contributed by atoms with E-state index in [-0.39, 0.29) is 5.78 Å². The normalized spacial score (nSPS) is 10.8. The molecular weight excluding hydrogens is 310 g/mol. The van der Waals surface area contributed by atoms with Gasteiger partial charge in [0.25, 0.3) is 0 Å². The first-order valence-electron chi connectivity index (χ1n) is 9.10. The third kappa shape index (κ3) is 7.53. The van der Waals surface area contributed by atoms with Crippen molar-refractivity contribution in [2.24, 2.45) is 0 Å². The molecule has 0 bridgehead atoms. The SMILES string of the molecule is CN(C)CCCCCCOc1ccc(C(=O)Cc2ccccc2)cc1. The number of hydrogen-bond acceptors (Lipinski definition) is 3. The highest BCUT2D eigenvalue weighted by Crippen LogP contribution is 2.15. The highest BCUT2D eigenvalue weighted by molar-refractivity contribution is 5.97. The van der Waals surface area contributed by atoms with Crippen molar-refractivity contribution in [2.75, 3.05) is 27.2 Å². The van der Waals surface area contributed by atoms with Crippen molar-refractivity contribution < 1.29 is 9.53 Å². The zero-order valence-electron chi connectivity index (χ0n) is 15.4. The Morgan fingerprint density at radius 2 is 1.56 bits per heavy atom. The fourth-order valence-corrected chi connectivity index (χ4v) is 2.69. The van der Waals surface area contributed by atoms with E-state index in [1.165, 1.54) is 19.3 Å². The molecule has 134 valence electrons. The van der Waals surface area contributed by atoms with Gasteiger partial charge in [-0.1, -0.05) is 43.2 Å². The first kappa shape index (κ1) is 19.2. The van der Waals surface area contributed by atoms with Gasteiger partial charge >= 0.3 is 0 Å². The zero-order chi connectivity index (χ0) is 17.9. The van der Waals surface area contributed by atoms with Gasteiger partial charge in [-0.15, -0.1) is 0 Å². The summed E-state index contributed by atoms with van der Waals surface area (Å²) in [4.78, 5) is 14.5. The number of carbonyl (C=O) groups is 1. The number of ketones is 1. The summed E-state index contributed by atoms with van der Waals surface area (Å²) < 4.78 is 5.76. The smallest absolute Gasteiger partial charge is 0.167 e. The van der Waals surface area contributed by atoms with Crippen molar-refractivity contribution in [2.45, 2.75) is 32.1 Å². The van der Waals surface area contributed by atoms with E-state index < -0.39 is 0 Å². The van der Waals surface area contributed by atoms with Crippen molar-refractivity contribution in [3.05, 3.63) is 65.7 Å². The highest BCUT2D eigenvalue weighted by atomic mass is 16.5. The van der Waals surface area contributed by atoms with Crippen LogP contribution in [0, 0.1) is 0 Å². The summed E-state index contributed by atoms with van der Waals surface area (Å²) in [5.74, 6) is 0.975. The van der Waals surface area contributed by atoms with Crippen molar-refractivity contribution >= 4 is 5.78 Å². The molecule has 0 spiro atoms. The monoisotopic (exact) mass is 339 g/mol. The molecule has 0 aliphatic rings. The van der Waals surface area contributed by atoms with Gasteiger partial charge < -0.3 is 9.64 Å². The topological polar surface area (TPSA) is 29.5 Å². The minimum atomic E-state index is 0.138. The van der Waals surface area contributed by atoms with Gasteiger partial charge in [0.15, 0.2) is 5.78 Å². The van der Waals surface area contributed by atoms with Crippen molar-refractivity contribution in [1.29, 1.82) is 0 Å². The van der Waals surface area contributed by atoms with E-state index in [1.807, 2.05) is 54.6 Å². The van der Waals surface area contributed by atoms with Gasteiger partial charge in [0, 0.05) is 12.0 Å². The molecule has 2 aromatic rings. The summed E-state index contributed by atoms with van der Waals surface area (Å²) in [6.45, 7) is 1.89. The first-order chi connectivity index (χ1) is 12.1. The number of nitrogens with zero attached hydrogens (tertiary/aromatic N) is 1. The molecule has 0 heterocycles. The molecule has 0 radical (unpaired) electrons. The van der Waals surface area contributed by atoms with Crippen LogP contribution in [-0.2, 0) is 6.42 Å². The predicted molar refractivity (Wildman–Crippen MR) is 103 cm³/mol. The summed E-state index contributed by atoms with van der Waals surface area (Å²) in [6, 6.07) is 17.3. The lowest BCUT2D eigenvalue weighted by Gasteiger charge is -2.09. The van der Waals surface area contributed by atoms with Crippen molar-refractivity contribution in [3.63, 3.8) is 0 Å². The fraction of sp³-hybridized carbons (Fsp3) is 0.409. The van der Waals surface area contributed by atoms with Crippen LogP contribution in [0.2, 0.25) is 0 Å². The lowest BCUT2D eigenvalue weighted by atomic mass is 10.0. The molecule has 0 aliphatic heterocycles. The summed E-state index contributed by atoms with van der Waals surface area (Å²) >= 11 is 0. The maximum atomic E-state index is 12.3. The fourth-order valence-electron chi connectivity index (χ4n) is 2.69. The molecule has 0 saturated heterocycles. The van der Waals surface area contributed by atoms with Crippen molar-refractivity contribution in [1.82, 2.24) is 4.90 Å². The molecule has 2 aromatic carbocycles. The Bertz CT molecular complexity index is 620. The molecule has 0 unspecified atom stereocenters. The molecule has 25 heavy (non-hydrogen) atoms. The Morgan fingerprint density at radius 1 is 0.880 bits per heavy atom. The second-order valence-electron chi connectivity index (χ2n) is 6.68. The van der Waals surface area contributed by atoms with Crippen LogP contribution in [0.3, 0.4) is 0 Å². The van der Waals surface area contributed by atoms with Crippen LogP contribution in [0.5, 0.6) is 5.75 Å². The van der Waals surface area contributed by atoms with E-state index in [0.29, 0.717) is 6.42 Å². The number of benzene rings is 2. The van der Waals surface area contributed by atoms with E-state index in [0.717, 1.165) is 36.4 Å². The van der Waals surface area contributed by atoms with Gasteiger partial charge in [0.1, 0.15) is 5.75 Å². The second-order valence-corrected chi connectivity index (χ2v) is 6.68. The van der Waals surface area contributed by atoms with Crippen LogP contribution in [0.25, 0.3) is 0 Å². The number of carbonyl (C=O) groups excluding carboxylic acids is 1. The van der Waals surface area contributed by atoms with Crippen LogP contribution in [-0.4, -0.2) is 37.9 Å². The van der Waals surface area contributed by atoms with Crippen LogP contribution in [0.4, 0.5) is 0 Å². The van der Waals surface area contributed by atoms with Gasteiger partial charge in [-0.2, -0.15) is 0 Å². The highest BCUT2D eigenvalue weighted by Gasteiger charge is 2.07. The number of rotatable bonds is 11. The Morgan fingerprint density at radius 3 is 2.24 bits per heavy atom. The van der Waals surface area contributed by atoms with E-state index in [1.54, 1.807) is 0 Å². The quantitative estimate of drug-likeness (QED) is 0.442. The maximum Gasteiger partial charge on any atom is 0.167 e. The van der Waals surface area contributed by atoms with Gasteiger partial charge in [-0.3, -0.25) is 4.79 Å². The molecule has 3 nitrogen and oxygen atoms in total. The van der Waals surface area contributed by atoms with Crippen LogP contribution < -0.4 is 4.74 Å². The molecule has 2 rings (SSSR count). The number of hydrogen-bond donors (Lipinski definition) is 0. The number of unbranched alkanes of at least 4 members (excludes halogenated alkanes) is 3. The summed E-state index contributed by atoms with van der Waals surface area (Å²) in [5, 5.41) is 0. The number of ether oxygens (including phenoxy) is 1. The summed E-state index contributed by atoms with van der Waals surface area (Å²) in [6.07, 6.45) is 5.19. The average molecular weight is 339 g/mol. The second kappa shape index (κ2) is 10.7. The van der Waals surface area contributed by atoms with E-state index >= 15 is 0 Å². The van der Waals surface area contributed by atoms with Crippen molar-refractivity contribution in [3.8, 4) is 5.75 Å². The molecule has 0 fully saturated rings. The molecule has 0 amide bonds. The molecule has 0 aliphatic carbocycles. The van der Waals surface area contributed by atoms with E-state index in [4.69, 9.17) is 4.74 Å². The standard InChI is InChI=1S/C22H29NO2/c1-23(2)16-8-3-4-9-17-25-21-14-12-20(13-15-21)22(24)18-19-10-6-5-7-11-19/h5-7,10-15H,3-4,8-9,16-18H2,1-2H3. The van der Waals surface area contributed by atoms with Crippen LogP contribution in [0.1, 0.15) is 41.6 Å². The van der Waals surface area contributed by atoms with Gasteiger partial charge in [-0.25, -0.2) is 0 Å². The van der Waals surface area contributed by atoms with E-state index in [2.05, 4.69) is 19.0 Å². The molecular formula is C22H29NO2. The first-order valence-corrected chi connectivity index (χ1v) is 9.10. The third-order valence-electron chi connectivity index (χ3n) is 4.15. The van der Waals surface area contributed by atoms with Gasteiger partial charge in [-0.05, 0) is 63.3 Å². The maximum absolute atomic E-state index is 12.3. The minimum absolute atomic E-state index is 0.138. The van der Waals surface area contributed by atoms with E-state index in [9.17, 15) is 4.79 Å². The Balaban J connectivity index is 1.68. The summed E-state index contributed by atoms with van der Waals surface area (Å²) in [5.41, 5.74) is 1.78. The van der Waals surface area contributed by atoms with Gasteiger partial charge in [0.2, 0.25) is 0 Å². The van der Waals surface area contributed by atoms with Gasteiger partial charge in [0.05, 0.1) is 6.61 Å². The lowest BCUT2D eigenvalue weighted by molar-refractivity contribution is 0.0993. The zero-order valence-corrected chi connectivity index (χ0v) is 15.4. The Kier molecular flexibility index (Phi) is 8.20. The minimum Gasteiger partial charge on any atom is -0.494 e. The lowest BCUT2D eigenvalue weighted by Crippen LogP contribution is -2.12. The van der Waals surface area contributed by atoms with Crippen LogP contribution >= 0.6 is 0 Å². The molecule has 0 saturated carbocycles. The predicted octanol–water partition coefficient (Wildman–Crippen LogP) is 4.61. The number of Topliss-reactive ketones (excluding diaryl/α,β-unsaturated/α-hetero) is 1. The average Bonchev–Trinajstić information content (AvgIpc) is 2.62. The molecule has 0 aromatic heterocycles. The Labute approximate surface area is 151 Å². The summed E-state index contributed by atoms with van der Waals surface area (Å²) in [7, 11) is 4.22.